The summed E-state index contributed by atoms with van der Waals surface area (Å²) in [5.74, 6) is 1.33. The Labute approximate surface area is 116 Å². The zero-order chi connectivity index (χ0) is 13.8. The van der Waals surface area contributed by atoms with Crippen molar-refractivity contribution < 1.29 is 9.62 Å². The van der Waals surface area contributed by atoms with Crippen LogP contribution in [0.4, 0.5) is 0 Å². The van der Waals surface area contributed by atoms with Crippen molar-refractivity contribution in [3.05, 3.63) is 78.2 Å². The van der Waals surface area contributed by atoms with Gasteiger partial charge in [0.1, 0.15) is 16.9 Å². The molecule has 1 N–H and O–H groups in total. The smallest absolute Gasteiger partial charge is 0.136 e. The number of benzene rings is 2. The molecule has 20 heavy (non-hydrogen) atoms. The van der Waals surface area contributed by atoms with E-state index in [2.05, 4.69) is 5.16 Å². The van der Waals surface area contributed by atoms with Gasteiger partial charge in [0.05, 0.1) is 0 Å². The molecular weight excluding hydrogens is 250 g/mol. The van der Waals surface area contributed by atoms with E-state index >= 15 is 0 Å². The summed E-state index contributed by atoms with van der Waals surface area (Å²) >= 11 is 0. The molecule has 0 radical (unpaired) electrons. The average molecular weight is 263 g/mol. The molecule has 3 nitrogen and oxygen atoms in total. The standard InChI is InChI=1S/C17H13NO2/c19-18-15-11-16(13-7-3-1-4-8-13)20-17(12-15)14-9-5-2-6-10-14/h1-12,19H. The largest absolute Gasteiger partial charge is 0.456 e. The molecule has 98 valence electrons. The number of hydrogen-bond acceptors (Lipinski definition) is 3. The van der Waals surface area contributed by atoms with Crippen LogP contribution in [0.2, 0.25) is 0 Å². The Morgan fingerprint density at radius 3 is 1.55 bits per heavy atom. The van der Waals surface area contributed by atoms with Crippen molar-refractivity contribution in [2.45, 2.75) is 0 Å². The Morgan fingerprint density at radius 1 is 0.700 bits per heavy atom. The first kappa shape index (κ1) is 12.2. The maximum atomic E-state index is 9.06. The van der Waals surface area contributed by atoms with Crippen molar-refractivity contribution in [3.8, 4) is 22.6 Å². The minimum atomic E-state index is 0.467. The van der Waals surface area contributed by atoms with Gasteiger partial charge >= 0.3 is 0 Å². The summed E-state index contributed by atoms with van der Waals surface area (Å²) in [6, 6.07) is 22.9. The van der Waals surface area contributed by atoms with Gasteiger partial charge in [-0.05, 0) is 0 Å². The number of nitrogens with zero attached hydrogens (tertiary/aromatic N) is 1. The minimum Gasteiger partial charge on any atom is -0.456 e. The van der Waals surface area contributed by atoms with Crippen LogP contribution in [0.1, 0.15) is 0 Å². The quantitative estimate of drug-likeness (QED) is 0.563. The Hall–Kier alpha value is -2.81. The van der Waals surface area contributed by atoms with Crippen molar-refractivity contribution >= 4 is 0 Å². The lowest BCUT2D eigenvalue weighted by Crippen LogP contribution is -2.01. The third-order valence-corrected chi connectivity index (χ3v) is 3.01. The Balaban J connectivity index is 2.19. The number of hydrogen-bond donors (Lipinski definition) is 1. The Bertz CT molecular complexity index is 701. The van der Waals surface area contributed by atoms with E-state index in [0.29, 0.717) is 16.9 Å². The zero-order valence-electron chi connectivity index (χ0n) is 10.7. The Morgan fingerprint density at radius 2 is 1.15 bits per heavy atom. The lowest BCUT2D eigenvalue weighted by molar-refractivity contribution is 0.301. The third kappa shape index (κ3) is 2.47. The molecule has 0 aliphatic rings. The second kappa shape index (κ2) is 5.45. The molecule has 0 spiro atoms. The summed E-state index contributed by atoms with van der Waals surface area (Å²) in [5, 5.41) is 12.8. The highest BCUT2D eigenvalue weighted by Crippen LogP contribution is 2.24. The van der Waals surface area contributed by atoms with Gasteiger partial charge in [-0.3, -0.25) is 0 Å². The van der Waals surface area contributed by atoms with Gasteiger partial charge < -0.3 is 9.62 Å². The van der Waals surface area contributed by atoms with Crippen LogP contribution in [0.15, 0.2) is 82.4 Å². The summed E-state index contributed by atoms with van der Waals surface area (Å²) in [4.78, 5) is 0. The van der Waals surface area contributed by atoms with Crippen molar-refractivity contribution in [2.24, 2.45) is 5.16 Å². The predicted molar refractivity (Wildman–Crippen MR) is 76.9 cm³/mol. The number of rotatable bonds is 2. The molecule has 3 rings (SSSR count). The molecule has 3 heteroatoms. The highest BCUT2D eigenvalue weighted by Gasteiger charge is 2.05. The molecule has 0 amide bonds. The third-order valence-electron chi connectivity index (χ3n) is 3.01. The normalized spacial score (nSPS) is 10.2. The van der Waals surface area contributed by atoms with Crippen LogP contribution in [-0.4, -0.2) is 5.21 Å². The maximum Gasteiger partial charge on any atom is 0.136 e. The first-order valence-corrected chi connectivity index (χ1v) is 6.31. The van der Waals surface area contributed by atoms with Gasteiger partial charge in [0.2, 0.25) is 0 Å². The molecule has 0 aliphatic carbocycles. The van der Waals surface area contributed by atoms with Crippen LogP contribution in [0, 0.1) is 0 Å². The lowest BCUT2D eigenvalue weighted by atomic mass is 10.1. The van der Waals surface area contributed by atoms with E-state index in [1.807, 2.05) is 60.7 Å². The molecular formula is C17H13NO2. The summed E-state index contributed by atoms with van der Waals surface area (Å²) in [7, 11) is 0. The first-order valence-electron chi connectivity index (χ1n) is 6.31. The topological polar surface area (TPSA) is 45.7 Å². The SMILES string of the molecule is ON=c1cc(-c2ccccc2)oc(-c2ccccc2)c1. The summed E-state index contributed by atoms with van der Waals surface area (Å²) in [5.41, 5.74) is 1.88. The van der Waals surface area contributed by atoms with Gasteiger partial charge in [0.15, 0.2) is 0 Å². The van der Waals surface area contributed by atoms with Crippen molar-refractivity contribution in [1.29, 1.82) is 0 Å². The maximum absolute atomic E-state index is 9.06. The molecule has 0 fully saturated rings. The van der Waals surface area contributed by atoms with E-state index in [1.54, 1.807) is 12.1 Å². The highest BCUT2D eigenvalue weighted by molar-refractivity contribution is 5.62. The molecule has 0 bridgehead atoms. The van der Waals surface area contributed by atoms with Crippen molar-refractivity contribution in [3.63, 3.8) is 0 Å². The van der Waals surface area contributed by atoms with E-state index in [0.717, 1.165) is 11.1 Å². The first-order chi connectivity index (χ1) is 9.86. The molecule has 2 aromatic carbocycles. The fourth-order valence-electron chi connectivity index (χ4n) is 2.03. The molecule has 0 saturated carbocycles. The second-order valence-corrected chi connectivity index (χ2v) is 4.38. The van der Waals surface area contributed by atoms with Crippen LogP contribution >= 0.6 is 0 Å². The van der Waals surface area contributed by atoms with Crippen LogP contribution in [0.25, 0.3) is 22.6 Å². The monoisotopic (exact) mass is 263 g/mol. The van der Waals surface area contributed by atoms with Crippen LogP contribution in [-0.2, 0) is 0 Å². The molecule has 0 saturated heterocycles. The van der Waals surface area contributed by atoms with Gasteiger partial charge in [-0.25, -0.2) is 0 Å². The zero-order valence-corrected chi connectivity index (χ0v) is 10.7. The summed E-state index contributed by atoms with van der Waals surface area (Å²) in [6.45, 7) is 0. The fraction of sp³-hybridized carbons (Fsp3) is 0. The van der Waals surface area contributed by atoms with E-state index < -0.39 is 0 Å². The van der Waals surface area contributed by atoms with Crippen LogP contribution in [0.5, 0.6) is 0 Å². The van der Waals surface area contributed by atoms with Gasteiger partial charge in [0, 0.05) is 23.3 Å². The van der Waals surface area contributed by atoms with E-state index in [9.17, 15) is 0 Å². The molecule has 3 aromatic rings. The fourth-order valence-corrected chi connectivity index (χ4v) is 2.03. The molecule has 1 aromatic heterocycles. The van der Waals surface area contributed by atoms with Gasteiger partial charge in [0.25, 0.3) is 0 Å². The van der Waals surface area contributed by atoms with Crippen molar-refractivity contribution in [1.82, 2.24) is 0 Å². The van der Waals surface area contributed by atoms with Crippen LogP contribution < -0.4 is 5.36 Å². The second-order valence-electron chi connectivity index (χ2n) is 4.38. The molecule has 1 heterocycles. The highest BCUT2D eigenvalue weighted by atomic mass is 16.4. The predicted octanol–water partition coefficient (Wildman–Crippen LogP) is 3.90. The van der Waals surface area contributed by atoms with Gasteiger partial charge in [-0.2, -0.15) is 0 Å². The average Bonchev–Trinajstić information content (AvgIpc) is 2.56. The van der Waals surface area contributed by atoms with E-state index in [4.69, 9.17) is 9.62 Å². The molecule has 0 aliphatic heterocycles. The van der Waals surface area contributed by atoms with Gasteiger partial charge in [-0.15, -0.1) is 0 Å². The lowest BCUT2D eigenvalue weighted by Gasteiger charge is -2.05. The molecule has 0 atom stereocenters. The van der Waals surface area contributed by atoms with E-state index in [-0.39, 0.29) is 0 Å². The Kier molecular flexibility index (Phi) is 3.33. The van der Waals surface area contributed by atoms with Crippen molar-refractivity contribution in [2.75, 3.05) is 0 Å². The van der Waals surface area contributed by atoms with E-state index in [1.165, 1.54) is 0 Å². The summed E-state index contributed by atoms with van der Waals surface area (Å²) in [6.07, 6.45) is 0. The van der Waals surface area contributed by atoms with Crippen LogP contribution in [0.3, 0.4) is 0 Å². The summed E-state index contributed by atoms with van der Waals surface area (Å²) < 4.78 is 5.92. The molecule has 0 unspecified atom stereocenters. The van der Waals surface area contributed by atoms with Gasteiger partial charge in [-0.1, -0.05) is 65.8 Å². The minimum absolute atomic E-state index is 0.467.